The first kappa shape index (κ1) is 15.0. The minimum atomic E-state index is -0.175. The maximum Gasteiger partial charge on any atom is 0.273 e. The van der Waals surface area contributed by atoms with Crippen molar-refractivity contribution >= 4 is 5.91 Å². The highest BCUT2D eigenvalue weighted by Gasteiger charge is 2.28. The summed E-state index contributed by atoms with van der Waals surface area (Å²) in [5.41, 5.74) is 0.208. The van der Waals surface area contributed by atoms with Crippen LogP contribution in [0.5, 0.6) is 0 Å². The van der Waals surface area contributed by atoms with E-state index >= 15 is 0 Å². The van der Waals surface area contributed by atoms with Gasteiger partial charge in [-0.25, -0.2) is 0 Å². The molecule has 0 aromatic carbocycles. The number of ether oxygens (including phenoxy) is 1. The van der Waals surface area contributed by atoms with Crippen molar-refractivity contribution in [2.45, 2.75) is 51.6 Å². The lowest BCUT2D eigenvalue weighted by molar-refractivity contribution is 0.0682. The van der Waals surface area contributed by atoms with Crippen LogP contribution >= 0.6 is 0 Å². The second-order valence-corrected chi connectivity index (χ2v) is 6.50. The fourth-order valence-corrected chi connectivity index (χ4v) is 2.60. The van der Waals surface area contributed by atoms with E-state index in [0.29, 0.717) is 18.2 Å². The molecule has 1 amide bonds. The van der Waals surface area contributed by atoms with Crippen LogP contribution in [0.3, 0.4) is 0 Å². The number of carbonyl (C=O) groups excluding carboxylic acids is 1. The number of rotatable bonds is 4. The van der Waals surface area contributed by atoms with Gasteiger partial charge in [0, 0.05) is 31.1 Å². The normalized spacial score (nSPS) is 23.0. The summed E-state index contributed by atoms with van der Waals surface area (Å²) in [7, 11) is 1.73. The van der Waals surface area contributed by atoms with Crippen LogP contribution in [0.2, 0.25) is 0 Å². The van der Waals surface area contributed by atoms with Crippen LogP contribution in [-0.2, 0) is 10.2 Å². The minimum Gasteiger partial charge on any atom is -0.381 e. The molecule has 1 aliphatic rings. The van der Waals surface area contributed by atoms with Crippen LogP contribution in [0, 0.1) is 5.92 Å². The molecule has 0 unspecified atom stereocenters. The van der Waals surface area contributed by atoms with Crippen LogP contribution in [0.1, 0.15) is 56.3 Å². The summed E-state index contributed by atoms with van der Waals surface area (Å²) in [4.78, 5) is 12.1. The van der Waals surface area contributed by atoms with Gasteiger partial charge in [0.1, 0.15) is 5.76 Å². The molecule has 1 saturated carbocycles. The van der Waals surface area contributed by atoms with Gasteiger partial charge in [-0.05, 0) is 12.8 Å². The molecular weight excluding hydrogens is 256 g/mol. The lowest BCUT2D eigenvalue weighted by Gasteiger charge is -2.18. The molecular formula is C15H24N2O3. The van der Waals surface area contributed by atoms with E-state index in [2.05, 4.69) is 10.5 Å². The lowest BCUT2D eigenvalue weighted by atomic mass is 9.93. The van der Waals surface area contributed by atoms with Crippen molar-refractivity contribution in [2.24, 2.45) is 5.92 Å². The van der Waals surface area contributed by atoms with Crippen molar-refractivity contribution in [3.8, 4) is 0 Å². The van der Waals surface area contributed by atoms with Crippen LogP contribution in [0.4, 0.5) is 0 Å². The van der Waals surface area contributed by atoms with E-state index < -0.39 is 0 Å². The Bertz CT molecular complexity index is 462. The molecule has 0 saturated heterocycles. The van der Waals surface area contributed by atoms with Crippen molar-refractivity contribution in [3.05, 3.63) is 17.5 Å². The predicted molar refractivity (Wildman–Crippen MR) is 75.7 cm³/mol. The quantitative estimate of drug-likeness (QED) is 0.920. The largest absolute Gasteiger partial charge is 0.381 e. The zero-order chi connectivity index (χ0) is 14.8. The third kappa shape index (κ3) is 3.39. The molecule has 0 bridgehead atoms. The Labute approximate surface area is 120 Å². The van der Waals surface area contributed by atoms with Gasteiger partial charge in [0.15, 0.2) is 5.69 Å². The standard InChI is InChI=1S/C15H24N2O3/c1-15(2,3)13-8-11(17-20-13)14(18)16-9-10-6-5-7-12(10)19-4/h8,10,12H,5-7,9H2,1-4H3,(H,16,18)/t10-,12+/m0/s1. The van der Waals surface area contributed by atoms with Gasteiger partial charge < -0.3 is 14.6 Å². The molecule has 0 spiro atoms. The minimum absolute atomic E-state index is 0.141. The Morgan fingerprint density at radius 1 is 1.50 bits per heavy atom. The Kier molecular flexibility index (Phi) is 4.48. The first-order chi connectivity index (χ1) is 9.41. The van der Waals surface area contributed by atoms with Crippen molar-refractivity contribution < 1.29 is 14.1 Å². The second-order valence-electron chi connectivity index (χ2n) is 6.50. The zero-order valence-electron chi connectivity index (χ0n) is 12.7. The monoisotopic (exact) mass is 280 g/mol. The van der Waals surface area contributed by atoms with E-state index in [4.69, 9.17) is 9.26 Å². The average Bonchev–Trinajstić information content (AvgIpc) is 3.03. The Morgan fingerprint density at radius 3 is 2.85 bits per heavy atom. The summed E-state index contributed by atoms with van der Waals surface area (Å²) >= 11 is 0. The van der Waals surface area contributed by atoms with E-state index in [0.717, 1.165) is 25.0 Å². The number of nitrogens with zero attached hydrogens (tertiary/aromatic N) is 1. The van der Waals surface area contributed by atoms with Gasteiger partial charge in [-0.1, -0.05) is 32.3 Å². The predicted octanol–water partition coefficient (Wildman–Crippen LogP) is 2.52. The highest BCUT2D eigenvalue weighted by Crippen LogP contribution is 2.27. The van der Waals surface area contributed by atoms with Crippen LogP contribution in [0.25, 0.3) is 0 Å². The van der Waals surface area contributed by atoms with Gasteiger partial charge in [0.25, 0.3) is 5.91 Å². The summed E-state index contributed by atoms with van der Waals surface area (Å²) in [6.45, 7) is 6.71. The first-order valence-electron chi connectivity index (χ1n) is 7.20. The van der Waals surface area contributed by atoms with E-state index in [-0.39, 0.29) is 17.4 Å². The fraction of sp³-hybridized carbons (Fsp3) is 0.733. The van der Waals surface area contributed by atoms with Crippen molar-refractivity contribution in [1.82, 2.24) is 10.5 Å². The third-order valence-electron chi connectivity index (χ3n) is 3.90. The SMILES string of the molecule is CO[C@@H]1CCC[C@H]1CNC(=O)c1cc(C(C)(C)C)on1. The van der Waals surface area contributed by atoms with Gasteiger partial charge in [-0.15, -0.1) is 0 Å². The first-order valence-corrected chi connectivity index (χ1v) is 7.20. The van der Waals surface area contributed by atoms with Gasteiger partial charge in [0.05, 0.1) is 6.10 Å². The maximum atomic E-state index is 12.1. The van der Waals surface area contributed by atoms with E-state index in [1.165, 1.54) is 0 Å². The lowest BCUT2D eigenvalue weighted by Crippen LogP contribution is -2.33. The highest BCUT2D eigenvalue weighted by molar-refractivity contribution is 5.92. The number of hydrogen-bond donors (Lipinski definition) is 1. The van der Waals surface area contributed by atoms with Crippen molar-refractivity contribution in [3.63, 3.8) is 0 Å². The molecule has 1 heterocycles. The number of amides is 1. The Hall–Kier alpha value is -1.36. The number of methoxy groups -OCH3 is 1. The van der Waals surface area contributed by atoms with Gasteiger partial charge in [-0.3, -0.25) is 4.79 Å². The number of carbonyl (C=O) groups is 1. The molecule has 0 radical (unpaired) electrons. The van der Waals surface area contributed by atoms with E-state index in [1.54, 1.807) is 13.2 Å². The second kappa shape index (κ2) is 5.95. The summed E-state index contributed by atoms with van der Waals surface area (Å²) in [5.74, 6) is 0.947. The topological polar surface area (TPSA) is 64.4 Å². The third-order valence-corrected chi connectivity index (χ3v) is 3.90. The fourth-order valence-electron chi connectivity index (χ4n) is 2.60. The summed E-state index contributed by atoms with van der Waals surface area (Å²) in [6.07, 6.45) is 3.61. The molecule has 5 nitrogen and oxygen atoms in total. The molecule has 5 heteroatoms. The molecule has 1 aromatic rings. The number of nitrogens with one attached hydrogen (secondary N) is 1. The summed E-state index contributed by atoms with van der Waals surface area (Å²) < 4.78 is 10.7. The molecule has 1 fully saturated rings. The van der Waals surface area contributed by atoms with E-state index in [1.807, 2.05) is 20.8 Å². The van der Waals surface area contributed by atoms with Crippen LogP contribution in [-0.4, -0.2) is 30.8 Å². The Morgan fingerprint density at radius 2 is 2.25 bits per heavy atom. The molecule has 2 rings (SSSR count). The molecule has 0 aliphatic heterocycles. The van der Waals surface area contributed by atoms with Crippen molar-refractivity contribution in [2.75, 3.05) is 13.7 Å². The molecule has 1 N–H and O–H groups in total. The summed E-state index contributed by atoms with van der Waals surface area (Å²) in [5, 5.41) is 6.78. The highest BCUT2D eigenvalue weighted by atomic mass is 16.5. The Balaban J connectivity index is 1.90. The molecule has 1 aromatic heterocycles. The van der Waals surface area contributed by atoms with Gasteiger partial charge >= 0.3 is 0 Å². The molecule has 112 valence electrons. The van der Waals surface area contributed by atoms with Crippen LogP contribution < -0.4 is 5.32 Å². The van der Waals surface area contributed by atoms with E-state index in [9.17, 15) is 4.79 Å². The van der Waals surface area contributed by atoms with Crippen LogP contribution in [0.15, 0.2) is 10.6 Å². The van der Waals surface area contributed by atoms with Crippen molar-refractivity contribution in [1.29, 1.82) is 0 Å². The molecule has 2 atom stereocenters. The van der Waals surface area contributed by atoms with Gasteiger partial charge in [-0.2, -0.15) is 0 Å². The zero-order valence-corrected chi connectivity index (χ0v) is 12.7. The molecule has 1 aliphatic carbocycles. The maximum absolute atomic E-state index is 12.1. The smallest absolute Gasteiger partial charge is 0.273 e. The molecule has 20 heavy (non-hydrogen) atoms. The number of aromatic nitrogens is 1. The average molecular weight is 280 g/mol. The number of hydrogen-bond acceptors (Lipinski definition) is 4. The van der Waals surface area contributed by atoms with Gasteiger partial charge in [0.2, 0.25) is 0 Å². The summed E-state index contributed by atoms with van der Waals surface area (Å²) in [6, 6.07) is 1.72.